The SMILES string of the molecule is CN=C(NCCc1cccc(F)c1)NCc1ccc(C(=O)NC)cc1. The molecule has 3 N–H and O–H groups in total. The third-order valence-corrected chi connectivity index (χ3v) is 3.72. The molecule has 0 unspecified atom stereocenters. The van der Waals surface area contributed by atoms with E-state index in [0.29, 0.717) is 31.0 Å². The van der Waals surface area contributed by atoms with Gasteiger partial charge in [0.15, 0.2) is 5.96 Å². The highest BCUT2D eigenvalue weighted by Crippen LogP contribution is 2.05. The second-order valence-corrected chi connectivity index (χ2v) is 5.51. The van der Waals surface area contributed by atoms with Gasteiger partial charge in [-0.3, -0.25) is 9.79 Å². The average Bonchev–Trinajstić information content (AvgIpc) is 2.64. The largest absolute Gasteiger partial charge is 0.356 e. The maximum atomic E-state index is 13.1. The second kappa shape index (κ2) is 9.42. The third-order valence-electron chi connectivity index (χ3n) is 3.72. The Labute approximate surface area is 147 Å². The van der Waals surface area contributed by atoms with E-state index in [0.717, 1.165) is 11.1 Å². The summed E-state index contributed by atoms with van der Waals surface area (Å²) in [6.45, 7) is 1.24. The molecule has 0 atom stereocenters. The Morgan fingerprint density at radius 2 is 1.84 bits per heavy atom. The zero-order valence-corrected chi connectivity index (χ0v) is 14.5. The first-order chi connectivity index (χ1) is 12.1. The van der Waals surface area contributed by atoms with Crippen LogP contribution < -0.4 is 16.0 Å². The van der Waals surface area contributed by atoms with Crippen molar-refractivity contribution in [1.82, 2.24) is 16.0 Å². The van der Waals surface area contributed by atoms with Gasteiger partial charge in [0, 0.05) is 32.7 Å². The van der Waals surface area contributed by atoms with Crippen LogP contribution in [0.3, 0.4) is 0 Å². The fourth-order valence-corrected chi connectivity index (χ4v) is 2.34. The molecular formula is C19H23FN4O. The number of hydrogen-bond donors (Lipinski definition) is 3. The van der Waals surface area contributed by atoms with Crippen molar-refractivity contribution in [3.8, 4) is 0 Å². The van der Waals surface area contributed by atoms with Crippen LogP contribution in [0.25, 0.3) is 0 Å². The van der Waals surface area contributed by atoms with Gasteiger partial charge in [-0.05, 0) is 41.8 Å². The van der Waals surface area contributed by atoms with Crippen LogP contribution in [0.15, 0.2) is 53.5 Å². The molecule has 2 aromatic rings. The van der Waals surface area contributed by atoms with Gasteiger partial charge in [0.1, 0.15) is 5.82 Å². The van der Waals surface area contributed by atoms with Crippen LogP contribution in [-0.4, -0.2) is 32.5 Å². The number of amides is 1. The normalized spacial score (nSPS) is 11.1. The van der Waals surface area contributed by atoms with Crippen LogP contribution >= 0.6 is 0 Å². The minimum atomic E-state index is -0.222. The minimum absolute atomic E-state index is 0.102. The number of guanidine groups is 1. The summed E-state index contributed by atoms with van der Waals surface area (Å²) in [5.41, 5.74) is 2.61. The van der Waals surface area contributed by atoms with Gasteiger partial charge in [-0.25, -0.2) is 4.39 Å². The van der Waals surface area contributed by atoms with Crippen molar-refractivity contribution in [3.05, 3.63) is 71.0 Å². The predicted molar refractivity (Wildman–Crippen MR) is 98.1 cm³/mol. The number of nitrogens with zero attached hydrogens (tertiary/aromatic N) is 1. The number of benzene rings is 2. The molecule has 1 amide bonds. The molecule has 0 bridgehead atoms. The highest BCUT2D eigenvalue weighted by atomic mass is 19.1. The van der Waals surface area contributed by atoms with E-state index < -0.39 is 0 Å². The van der Waals surface area contributed by atoms with E-state index in [9.17, 15) is 9.18 Å². The number of hydrogen-bond acceptors (Lipinski definition) is 2. The molecule has 0 aromatic heterocycles. The molecule has 5 nitrogen and oxygen atoms in total. The summed E-state index contributed by atoms with van der Waals surface area (Å²) in [7, 11) is 3.31. The number of carbonyl (C=O) groups is 1. The van der Waals surface area contributed by atoms with Gasteiger partial charge in [0.2, 0.25) is 0 Å². The molecule has 25 heavy (non-hydrogen) atoms. The molecule has 0 spiro atoms. The molecule has 2 rings (SSSR count). The Hall–Kier alpha value is -2.89. The van der Waals surface area contributed by atoms with Gasteiger partial charge in [-0.1, -0.05) is 24.3 Å². The highest BCUT2D eigenvalue weighted by molar-refractivity contribution is 5.93. The van der Waals surface area contributed by atoms with Crippen molar-refractivity contribution >= 4 is 11.9 Å². The fraction of sp³-hybridized carbons (Fsp3) is 0.263. The van der Waals surface area contributed by atoms with E-state index >= 15 is 0 Å². The fourth-order valence-electron chi connectivity index (χ4n) is 2.34. The number of halogens is 1. The van der Waals surface area contributed by atoms with E-state index in [1.54, 1.807) is 32.3 Å². The first kappa shape index (κ1) is 18.4. The minimum Gasteiger partial charge on any atom is -0.356 e. The van der Waals surface area contributed by atoms with Crippen molar-refractivity contribution in [3.63, 3.8) is 0 Å². The van der Waals surface area contributed by atoms with Crippen molar-refractivity contribution in [1.29, 1.82) is 0 Å². The van der Waals surface area contributed by atoms with Crippen LogP contribution in [0.1, 0.15) is 21.5 Å². The lowest BCUT2D eigenvalue weighted by Gasteiger charge is -2.12. The van der Waals surface area contributed by atoms with E-state index in [1.807, 2.05) is 18.2 Å². The predicted octanol–water partition coefficient (Wildman–Crippen LogP) is 2.09. The quantitative estimate of drug-likeness (QED) is 0.556. The van der Waals surface area contributed by atoms with Crippen molar-refractivity contribution < 1.29 is 9.18 Å². The smallest absolute Gasteiger partial charge is 0.251 e. The summed E-state index contributed by atoms with van der Waals surface area (Å²) in [5, 5.41) is 9.00. The zero-order valence-electron chi connectivity index (χ0n) is 14.5. The van der Waals surface area contributed by atoms with Crippen LogP contribution in [0.2, 0.25) is 0 Å². The Morgan fingerprint density at radius 3 is 2.48 bits per heavy atom. The Balaban J connectivity index is 1.79. The van der Waals surface area contributed by atoms with E-state index in [2.05, 4.69) is 20.9 Å². The third kappa shape index (κ3) is 5.91. The highest BCUT2D eigenvalue weighted by Gasteiger charge is 2.03. The summed E-state index contributed by atoms with van der Waals surface area (Å²) in [5.74, 6) is 0.348. The van der Waals surface area contributed by atoms with Gasteiger partial charge in [-0.15, -0.1) is 0 Å². The summed E-state index contributed by atoms with van der Waals surface area (Å²) in [6, 6.07) is 14.0. The summed E-state index contributed by atoms with van der Waals surface area (Å²) >= 11 is 0. The molecule has 0 saturated heterocycles. The number of rotatable bonds is 6. The summed E-state index contributed by atoms with van der Waals surface area (Å²) in [6.07, 6.45) is 0.708. The van der Waals surface area contributed by atoms with E-state index in [4.69, 9.17) is 0 Å². The Morgan fingerprint density at radius 1 is 1.08 bits per heavy atom. The average molecular weight is 342 g/mol. The molecule has 0 saturated carbocycles. The van der Waals surface area contributed by atoms with Crippen molar-refractivity contribution in [2.24, 2.45) is 4.99 Å². The number of nitrogens with one attached hydrogen (secondary N) is 3. The molecule has 132 valence electrons. The molecule has 0 aliphatic rings. The zero-order chi connectivity index (χ0) is 18.1. The van der Waals surface area contributed by atoms with Crippen LogP contribution in [0, 0.1) is 5.82 Å². The van der Waals surface area contributed by atoms with Crippen LogP contribution in [0.4, 0.5) is 4.39 Å². The monoisotopic (exact) mass is 342 g/mol. The van der Waals surface area contributed by atoms with Gasteiger partial charge < -0.3 is 16.0 Å². The van der Waals surface area contributed by atoms with Crippen LogP contribution in [-0.2, 0) is 13.0 Å². The molecular weight excluding hydrogens is 319 g/mol. The molecule has 0 aliphatic carbocycles. The standard InChI is InChI=1S/C19H23FN4O/c1-21-18(25)16-8-6-15(7-9-16)13-24-19(22-2)23-11-10-14-4-3-5-17(20)12-14/h3-9,12H,10-11,13H2,1-2H3,(H,21,25)(H2,22,23,24). The van der Waals surface area contributed by atoms with Gasteiger partial charge in [0.05, 0.1) is 0 Å². The second-order valence-electron chi connectivity index (χ2n) is 5.51. The Kier molecular flexibility index (Phi) is 6.95. The lowest BCUT2D eigenvalue weighted by molar-refractivity contribution is 0.0963. The molecule has 0 radical (unpaired) electrons. The summed E-state index contributed by atoms with van der Waals surface area (Å²) < 4.78 is 13.1. The Bertz CT molecular complexity index is 728. The number of carbonyl (C=O) groups excluding carboxylic acids is 1. The molecule has 6 heteroatoms. The maximum Gasteiger partial charge on any atom is 0.251 e. The lowest BCUT2D eigenvalue weighted by Crippen LogP contribution is -2.37. The maximum absolute atomic E-state index is 13.1. The van der Waals surface area contributed by atoms with E-state index in [1.165, 1.54) is 12.1 Å². The molecule has 0 heterocycles. The van der Waals surface area contributed by atoms with Gasteiger partial charge in [-0.2, -0.15) is 0 Å². The van der Waals surface area contributed by atoms with Crippen molar-refractivity contribution in [2.75, 3.05) is 20.6 Å². The van der Waals surface area contributed by atoms with Crippen LogP contribution in [0.5, 0.6) is 0 Å². The van der Waals surface area contributed by atoms with E-state index in [-0.39, 0.29) is 11.7 Å². The van der Waals surface area contributed by atoms with Gasteiger partial charge >= 0.3 is 0 Å². The first-order valence-electron chi connectivity index (χ1n) is 8.12. The first-order valence-corrected chi connectivity index (χ1v) is 8.12. The van der Waals surface area contributed by atoms with Crippen molar-refractivity contribution in [2.45, 2.75) is 13.0 Å². The molecule has 0 fully saturated rings. The lowest BCUT2D eigenvalue weighted by atomic mass is 10.1. The molecule has 2 aromatic carbocycles. The number of aliphatic imine (C=N–C) groups is 1. The van der Waals surface area contributed by atoms with Gasteiger partial charge in [0.25, 0.3) is 5.91 Å². The summed E-state index contributed by atoms with van der Waals surface area (Å²) in [4.78, 5) is 15.7. The topological polar surface area (TPSA) is 65.5 Å². The molecule has 0 aliphatic heterocycles.